The Balaban J connectivity index is 2.09. The van der Waals surface area contributed by atoms with Crippen molar-refractivity contribution < 1.29 is 22.4 Å². The second-order valence-corrected chi connectivity index (χ2v) is 11.8. The zero-order chi connectivity index (χ0) is 28.7. The summed E-state index contributed by atoms with van der Waals surface area (Å²) in [5, 5.41) is 3.00. The molecule has 1 atom stereocenters. The van der Waals surface area contributed by atoms with Crippen molar-refractivity contribution in [2.75, 3.05) is 23.7 Å². The summed E-state index contributed by atoms with van der Waals surface area (Å²) in [5.74, 6) is -1.88. The predicted molar refractivity (Wildman–Crippen MR) is 153 cm³/mol. The molecule has 208 valence electrons. The van der Waals surface area contributed by atoms with E-state index in [9.17, 15) is 22.4 Å². The van der Waals surface area contributed by atoms with Crippen LogP contribution in [0, 0.1) is 5.82 Å². The van der Waals surface area contributed by atoms with Crippen LogP contribution in [0.3, 0.4) is 0 Å². The number of benzene rings is 3. The minimum Gasteiger partial charge on any atom is -0.355 e. The molecule has 2 amide bonds. The molecule has 0 bridgehead atoms. The lowest BCUT2D eigenvalue weighted by Gasteiger charge is -2.33. The minimum atomic E-state index is -4.03. The van der Waals surface area contributed by atoms with E-state index < -0.39 is 40.2 Å². The van der Waals surface area contributed by atoms with Crippen LogP contribution < -0.4 is 9.62 Å². The number of sulfonamides is 1. The summed E-state index contributed by atoms with van der Waals surface area (Å²) in [6.45, 7) is 1.20. The maximum Gasteiger partial charge on any atom is 0.244 e. The molecule has 1 N–H and O–H groups in total. The van der Waals surface area contributed by atoms with Gasteiger partial charge in [-0.3, -0.25) is 13.9 Å². The van der Waals surface area contributed by atoms with Gasteiger partial charge in [0.15, 0.2) is 0 Å². The molecule has 0 heterocycles. The fourth-order valence-corrected chi connectivity index (χ4v) is 5.49. The molecule has 0 aliphatic rings. The first kappa shape index (κ1) is 30.7. The highest BCUT2D eigenvalue weighted by Crippen LogP contribution is 2.29. The van der Waals surface area contributed by atoms with Crippen molar-refractivity contribution in [3.8, 4) is 0 Å². The lowest BCUT2D eigenvalue weighted by molar-refractivity contribution is -0.140. The zero-order valence-electron chi connectivity index (χ0n) is 21.2. The van der Waals surface area contributed by atoms with Gasteiger partial charge in [-0.25, -0.2) is 12.8 Å². The van der Waals surface area contributed by atoms with Gasteiger partial charge in [0.05, 0.1) is 17.0 Å². The first-order valence-electron chi connectivity index (χ1n) is 11.9. The Morgan fingerprint density at radius 2 is 1.59 bits per heavy atom. The van der Waals surface area contributed by atoms with Gasteiger partial charge < -0.3 is 10.2 Å². The van der Waals surface area contributed by atoms with E-state index >= 15 is 0 Å². The number of nitrogens with one attached hydrogen (secondary N) is 1. The van der Waals surface area contributed by atoms with Crippen LogP contribution in [-0.4, -0.2) is 50.5 Å². The minimum absolute atomic E-state index is 0.00871. The summed E-state index contributed by atoms with van der Waals surface area (Å²) in [7, 11) is -4.03. The number of carbonyl (C=O) groups excluding carboxylic acids is 2. The van der Waals surface area contributed by atoms with Gasteiger partial charge in [0.1, 0.15) is 18.4 Å². The van der Waals surface area contributed by atoms with Crippen molar-refractivity contribution in [3.63, 3.8) is 0 Å². The molecule has 0 aliphatic heterocycles. The SMILES string of the molecule is CCNC(=O)C(Cc1ccccc1)N(Cc1c(Cl)cccc1Cl)C(=O)CN(c1ccc(F)c(Cl)c1)S(C)(=O)=O. The molecule has 0 aliphatic carbocycles. The highest BCUT2D eigenvalue weighted by atomic mass is 35.5. The van der Waals surface area contributed by atoms with Crippen LogP contribution in [0.1, 0.15) is 18.1 Å². The van der Waals surface area contributed by atoms with E-state index in [1.807, 2.05) is 30.3 Å². The maximum atomic E-state index is 13.9. The number of nitrogens with zero attached hydrogens (tertiary/aromatic N) is 2. The number of hydrogen-bond donors (Lipinski definition) is 1. The Morgan fingerprint density at radius 3 is 2.15 bits per heavy atom. The van der Waals surface area contributed by atoms with E-state index in [1.165, 1.54) is 11.0 Å². The van der Waals surface area contributed by atoms with Crippen molar-refractivity contribution in [1.29, 1.82) is 0 Å². The van der Waals surface area contributed by atoms with Crippen molar-refractivity contribution in [3.05, 3.63) is 98.7 Å². The molecule has 39 heavy (non-hydrogen) atoms. The average Bonchev–Trinajstić information content (AvgIpc) is 2.88. The van der Waals surface area contributed by atoms with Crippen LogP contribution in [0.15, 0.2) is 66.7 Å². The van der Waals surface area contributed by atoms with Crippen molar-refractivity contribution in [1.82, 2.24) is 10.2 Å². The van der Waals surface area contributed by atoms with Gasteiger partial charge in [-0.2, -0.15) is 0 Å². The monoisotopic (exact) mass is 613 g/mol. The van der Waals surface area contributed by atoms with Gasteiger partial charge in [-0.1, -0.05) is 71.2 Å². The number of carbonyl (C=O) groups is 2. The summed E-state index contributed by atoms with van der Waals surface area (Å²) >= 11 is 18.7. The van der Waals surface area contributed by atoms with Crippen LogP contribution in [-0.2, 0) is 32.6 Å². The first-order chi connectivity index (χ1) is 18.4. The van der Waals surface area contributed by atoms with E-state index in [2.05, 4.69) is 5.32 Å². The molecule has 0 saturated heterocycles. The fraction of sp³-hybridized carbons (Fsp3) is 0.259. The van der Waals surface area contributed by atoms with Gasteiger partial charge in [0, 0.05) is 35.1 Å². The van der Waals surface area contributed by atoms with Crippen molar-refractivity contribution in [2.45, 2.75) is 25.9 Å². The van der Waals surface area contributed by atoms with Crippen LogP contribution in [0.5, 0.6) is 0 Å². The Hall–Kier alpha value is -2.85. The van der Waals surface area contributed by atoms with E-state index in [-0.39, 0.29) is 33.7 Å². The molecule has 3 aromatic carbocycles. The third kappa shape index (κ3) is 8.08. The Labute approximate surface area is 242 Å². The van der Waals surface area contributed by atoms with Crippen LogP contribution in [0.4, 0.5) is 10.1 Å². The van der Waals surface area contributed by atoms with Gasteiger partial charge in [-0.15, -0.1) is 0 Å². The summed E-state index contributed by atoms with van der Waals surface area (Å²) < 4.78 is 40.1. The average molecular weight is 615 g/mol. The standard InChI is InChI=1S/C27H27Cl3FN3O4S/c1-3-32-27(36)25(14-18-8-5-4-6-9-18)33(16-20-21(28)10-7-11-22(20)29)26(35)17-34(39(2,37)38)19-12-13-24(31)23(30)15-19/h4-13,15,25H,3,14,16-17H2,1-2H3,(H,32,36). The summed E-state index contributed by atoms with van der Waals surface area (Å²) in [4.78, 5) is 28.5. The quantitative estimate of drug-likeness (QED) is 0.317. The third-order valence-corrected chi connectivity index (χ3v) is 8.02. The van der Waals surface area contributed by atoms with E-state index in [4.69, 9.17) is 34.8 Å². The Bertz CT molecular complexity index is 1420. The van der Waals surface area contributed by atoms with Crippen molar-refractivity contribution >= 4 is 62.3 Å². The molecular weight excluding hydrogens is 588 g/mol. The summed E-state index contributed by atoms with van der Waals surface area (Å²) in [6, 6.07) is 16.2. The number of rotatable bonds is 11. The number of amides is 2. The molecule has 1 unspecified atom stereocenters. The number of halogens is 4. The molecule has 0 spiro atoms. The summed E-state index contributed by atoms with van der Waals surface area (Å²) in [6.07, 6.45) is 1.06. The molecule has 0 aromatic heterocycles. The molecule has 3 aromatic rings. The maximum absolute atomic E-state index is 13.9. The Morgan fingerprint density at radius 1 is 0.949 bits per heavy atom. The van der Waals surface area contributed by atoms with Gasteiger partial charge >= 0.3 is 0 Å². The zero-order valence-corrected chi connectivity index (χ0v) is 24.3. The molecular formula is C27H27Cl3FN3O4S. The first-order valence-corrected chi connectivity index (χ1v) is 14.9. The smallest absolute Gasteiger partial charge is 0.244 e. The van der Waals surface area contributed by atoms with Gasteiger partial charge in [0.2, 0.25) is 21.8 Å². The van der Waals surface area contributed by atoms with Crippen LogP contribution >= 0.6 is 34.8 Å². The number of hydrogen-bond acceptors (Lipinski definition) is 4. The van der Waals surface area contributed by atoms with Crippen LogP contribution in [0.2, 0.25) is 15.1 Å². The Kier molecular flexibility index (Phi) is 10.6. The summed E-state index contributed by atoms with van der Waals surface area (Å²) in [5.41, 5.74) is 1.17. The molecule has 0 saturated carbocycles. The van der Waals surface area contributed by atoms with Crippen LogP contribution in [0.25, 0.3) is 0 Å². The topological polar surface area (TPSA) is 86.8 Å². The molecule has 0 fully saturated rings. The van der Waals surface area contributed by atoms with Gasteiger partial charge in [-0.05, 0) is 42.8 Å². The van der Waals surface area contributed by atoms with E-state index in [0.29, 0.717) is 12.1 Å². The fourth-order valence-electron chi connectivity index (χ4n) is 3.95. The highest BCUT2D eigenvalue weighted by Gasteiger charge is 2.33. The predicted octanol–water partition coefficient (Wildman–Crippen LogP) is 5.33. The second kappa shape index (κ2) is 13.5. The second-order valence-electron chi connectivity index (χ2n) is 8.69. The van der Waals surface area contributed by atoms with E-state index in [0.717, 1.165) is 28.3 Å². The molecule has 3 rings (SSSR count). The third-order valence-electron chi connectivity index (χ3n) is 5.88. The number of anilines is 1. The van der Waals surface area contributed by atoms with E-state index in [1.54, 1.807) is 25.1 Å². The van der Waals surface area contributed by atoms with Gasteiger partial charge in [0.25, 0.3) is 0 Å². The normalized spacial score (nSPS) is 12.1. The largest absolute Gasteiger partial charge is 0.355 e. The van der Waals surface area contributed by atoms with Crippen molar-refractivity contribution in [2.24, 2.45) is 0 Å². The molecule has 0 radical (unpaired) electrons. The molecule has 12 heteroatoms. The lowest BCUT2D eigenvalue weighted by atomic mass is 10.0. The highest BCUT2D eigenvalue weighted by molar-refractivity contribution is 7.92. The molecule has 7 nitrogen and oxygen atoms in total. The lowest BCUT2D eigenvalue weighted by Crippen LogP contribution is -2.53. The number of likely N-dealkylation sites (N-methyl/N-ethyl adjacent to an activating group) is 1.